The summed E-state index contributed by atoms with van der Waals surface area (Å²) in [5.74, 6) is -2.06. The predicted molar refractivity (Wildman–Crippen MR) is 99.1 cm³/mol. The smallest absolute Gasteiger partial charge is 0.207 e. The van der Waals surface area contributed by atoms with Gasteiger partial charge in [0.1, 0.15) is 11.6 Å². The van der Waals surface area contributed by atoms with E-state index in [0.29, 0.717) is 24.1 Å². The number of aromatic nitrogens is 1. The average molecular weight is 380 g/mol. The zero-order valence-corrected chi connectivity index (χ0v) is 15.3. The first-order valence-corrected chi connectivity index (χ1v) is 8.58. The average Bonchev–Trinajstić information content (AvgIpc) is 2.61. The van der Waals surface area contributed by atoms with E-state index in [1.54, 1.807) is 6.07 Å². The molecule has 1 radical (unpaired) electrons. The lowest BCUT2D eigenvalue weighted by molar-refractivity contribution is -0.109. The number of rotatable bonds is 8. The molecule has 0 aliphatic rings. The highest BCUT2D eigenvalue weighted by Gasteiger charge is 2.20. The topological polar surface area (TPSA) is 62.2 Å². The van der Waals surface area contributed by atoms with Crippen LogP contribution in [0.1, 0.15) is 24.1 Å². The van der Waals surface area contributed by atoms with Crippen LogP contribution in [0, 0.1) is 18.6 Å². The molecule has 2 N–H and O–H groups in total. The lowest BCUT2D eigenvalue weighted by Crippen LogP contribution is -2.27. The summed E-state index contributed by atoms with van der Waals surface area (Å²) in [6.07, 6.45) is 1.23. The minimum Gasteiger partial charge on any atom is -0.396 e. The third-order valence-electron chi connectivity index (χ3n) is 4.04. The molecule has 0 aliphatic heterocycles. The Bertz CT molecular complexity index is 805. The van der Waals surface area contributed by atoms with E-state index in [1.807, 2.05) is 21.1 Å². The fourth-order valence-electron chi connectivity index (χ4n) is 2.74. The van der Waals surface area contributed by atoms with E-state index in [9.17, 15) is 18.7 Å². The number of benzene rings is 1. The van der Waals surface area contributed by atoms with Gasteiger partial charge in [0, 0.05) is 29.8 Å². The number of aliphatic hydroxyl groups excluding tert-OH is 1. The number of nitrogens with zero attached hydrogens (tertiary/aromatic N) is 1. The normalized spacial score (nSPS) is 11.9. The monoisotopic (exact) mass is 379 g/mol. The van der Waals surface area contributed by atoms with Crippen molar-refractivity contribution < 1.29 is 18.7 Å². The Labute approximate surface area is 156 Å². The SMILES string of the molecule is CC[B]c1c(C)cc(C(CO)CNC=O)nc1-c1cc(Cl)c(F)cc1F. The van der Waals surface area contributed by atoms with Crippen LogP contribution in [0.5, 0.6) is 0 Å². The number of halogens is 3. The van der Waals surface area contributed by atoms with Crippen LogP contribution < -0.4 is 10.8 Å². The van der Waals surface area contributed by atoms with Crippen LogP contribution in [-0.4, -0.2) is 36.9 Å². The summed E-state index contributed by atoms with van der Waals surface area (Å²) < 4.78 is 28.0. The molecule has 1 amide bonds. The van der Waals surface area contributed by atoms with Crippen LogP contribution in [0.4, 0.5) is 8.78 Å². The van der Waals surface area contributed by atoms with Crippen LogP contribution in [0.3, 0.4) is 0 Å². The van der Waals surface area contributed by atoms with Crippen LogP contribution in [-0.2, 0) is 4.79 Å². The number of hydrogen-bond acceptors (Lipinski definition) is 3. The number of aliphatic hydroxyl groups is 1. The molecule has 0 bridgehead atoms. The summed E-state index contributed by atoms with van der Waals surface area (Å²) in [5, 5.41) is 11.9. The molecule has 0 aliphatic carbocycles. The van der Waals surface area contributed by atoms with Gasteiger partial charge in [-0.15, -0.1) is 0 Å². The molecule has 0 saturated heterocycles. The first kappa shape index (κ1) is 20.3. The van der Waals surface area contributed by atoms with Gasteiger partial charge in [-0.3, -0.25) is 9.78 Å². The highest BCUT2D eigenvalue weighted by Crippen LogP contribution is 2.28. The molecule has 0 spiro atoms. The first-order chi connectivity index (χ1) is 12.4. The van der Waals surface area contributed by atoms with Crippen molar-refractivity contribution in [2.24, 2.45) is 0 Å². The molecule has 137 valence electrons. The van der Waals surface area contributed by atoms with Crippen molar-refractivity contribution in [2.75, 3.05) is 13.2 Å². The van der Waals surface area contributed by atoms with Gasteiger partial charge in [-0.2, -0.15) is 0 Å². The maximum Gasteiger partial charge on any atom is 0.207 e. The Kier molecular flexibility index (Phi) is 7.11. The Morgan fingerprint density at radius 3 is 2.69 bits per heavy atom. The van der Waals surface area contributed by atoms with Gasteiger partial charge >= 0.3 is 0 Å². The summed E-state index contributed by atoms with van der Waals surface area (Å²) in [5.41, 5.74) is 2.46. The summed E-state index contributed by atoms with van der Waals surface area (Å²) in [4.78, 5) is 15.1. The molecule has 1 unspecified atom stereocenters. The van der Waals surface area contributed by atoms with Crippen molar-refractivity contribution in [3.8, 4) is 11.3 Å². The van der Waals surface area contributed by atoms with E-state index < -0.39 is 17.6 Å². The van der Waals surface area contributed by atoms with Crippen LogP contribution in [0.25, 0.3) is 11.3 Å². The fourth-order valence-corrected chi connectivity index (χ4v) is 2.90. The molecule has 1 aromatic heterocycles. The molecule has 26 heavy (non-hydrogen) atoms. The van der Waals surface area contributed by atoms with Gasteiger partial charge in [0.2, 0.25) is 6.41 Å². The van der Waals surface area contributed by atoms with Crippen LogP contribution in [0.15, 0.2) is 18.2 Å². The van der Waals surface area contributed by atoms with Crippen molar-refractivity contribution in [1.82, 2.24) is 10.3 Å². The fraction of sp³-hybridized carbons (Fsp3) is 0.333. The van der Waals surface area contributed by atoms with Crippen molar-refractivity contribution >= 4 is 30.8 Å². The van der Waals surface area contributed by atoms with Gasteiger partial charge < -0.3 is 10.4 Å². The summed E-state index contributed by atoms with van der Waals surface area (Å²) in [6, 6.07) is 3.73. The van der Waals surface area contributed by atoms with E-state index >= 15 is 0 Å². The number of carbonyl (C=O) groups is 1. The summed E-state index contributed by atoms with van der Waals surface area (Å²) in [7, 11) is 1.90. The number of nitrogens with one attached hydrogen (secondary N) is 1. The zero-order valence-electron chi connectivity index (χ0n) is 14.5. The molecule has 2 rings (SSSR count). The molecular weight excluding hydrogens is 360 g/mol. The van der Waals surface area contributed by atoms with E-state index in [1.165, 1.54) is 6.07 Å². The molecule has 8 heteroatoms. The molecule has 0 saturated carbocycles. The highest BCUT2D eigenvalue weighted by molar-refractivity contribution is 6.55. The van der Waals surface area contributed by atoms with Gasteiger partial charge in [-0.05, 0) is 19.1 Å². The molecule has 1 aromatic carbocycles. The maximum absolute atomic E-state index is 14.4. The number of pyridine rings is 1. The summed E-state index contributed by atoms with van der Waals surface area (Å²) >= 11 is 5.83. The van der Waals surface area contributed by atoms with Gasteiger partial charge in [0.25, 0.3) is 0 Å². The van der Waals surface area contributed by atoms with Crippen LogP contribution in [0.2, 0.25) is 11.3 Å². The quantitative estimate of drug-likeness (QED) is 0.421. The Balaban J connectivity index is 2.65. The van der Waals surface area contributed by atoms with E-state index in [2.05, 4.69) is 10.3 Å². The molecular formula is C18H19BClF2N2O2. The minimum atomic E-state index is -0.842. The third-order valence-corrected chi connectivity index (χ3v) is 4.33. The van der Waals surface area contributed by atoms with Crippen molar-refractivity contribution in [3.05, 3.63) is 46.1 Å². The Morgan fingerprint density at radius 2 is 2.08 bits per heavy atom. The van der Waals surface area contributed by atoms with Gasteiger partial charge in [0.15, 0.2) is 7.28 Å². The van der Waals surface area contributed by atoms with Gasteiger partial charge in [0.05, 0.1) is 17.3 Å². The van der Waals surface area contributed by atoms with Crippen molar-refractivity contribution in [1.29, 1.82) is 0 Å². The molecule has 1 heterocycles. The van der Waals surface area contributed by atoms with Gasteiger partial charge in [-0.1, -0.05) is 35.9 Å². The van der Waals surface area contributed by atoms with Crippen molar-refractivity contribution in [3.63, 3.8) is 0 Å². The molecule has 2 aromatic rings. The Morgan fingerprint density at radius 1 is 1.35 bits per heavy atom. The molecule has 0 fully saturated rings. The van der Waals surface area contributed by atoms with Crippen molar-refractivity contribution in [2.45, 2.75) is 26.1 Å². The second-order valence-electron chi connectivity index (χ2n) is 5.89. The number of aryl methyl sites for hydroxylation is 1. The van der Waals surface area contributed by atoms with E-state index in [0.717, 1.165) is 17.1 Å². The van der Waals surface area contributed by atoms with Gasteiger partial charge in [-0.25, -0.2) is 8.78 Å². The maximum atomic E-state index is 14.4. The lowest BCUT2D eigenvalue weighted by atomic mass is 9.64. The zero-order chi connectivity index (χ0) is 19.3. The predicted octanol–water partition coefficient (Wildman–Crippen LogP) is 2.58. The van der Waals surface area contributed by atoms with Crippen LogP contribution >= 0.6 is 11.6 Å². The highest BCUT2D eigenvalue weighted by atomic mass is 35.5. The third kappa shape index (κ3) is 4.40. The molecule has 4 nitrogen and oxygen atoms in total. The lowest BCUT2D eigenvalue weighted by Gasteiger charge is -2.19. The second kappa shape index (κ2) is 9.10. The first-order valence-electron chi connectivity index (χ1n) is 8.20. The molecule has 1 atom stereocenters. The Hall–Kier alpha value is -1.99. The second-order valence-corrected chi connectivity index (χ2v) is 6.30. The standard InChI is InChI=1S/C18H19BClF2N2O2/c1-3-19-17-10(2)4-16(11(8-25)7-23-9-26)24-18(17)12-5-13(20)15(22)6-14(12)21/h4-6,9,11,25H,3,7-8H2,1-2H3,(H,23,26). The largest absolute Gasteiger partial charge is 0.396 e. The number of amides is 1. The minimum absolute atomic E-state index is 0.0843. The number of hydrogen-bond donors (Lipinski definition) is 2. The van der Waals surface area contributed by atoms with E-state index in [-0.39, 0.29) is 23.7 Å². The van der Waals surface area contributed by atoms with E-state index in [4.69, 9.17) is 11.6 Å². The summed E-state index contributed by atoms with van der Waals surface area (Å²) in [6.45, 7) is 3.74. The number of carbonyl (C=O) groups excluding carboxylic acids is 1.